The maximum absolute atomic E-state index is 12.8. The Balaban J connectivity index is 1.40. The number of carbonyl (C=O) groups is 1. The SMILES string of the molecule is Cc1cc(SCC(=O)O)ccc1OCC12NN(c3ccc(C(F)(F)F)cc3)C(O1)N2C. The smallest absolute Gasteiger partial charge is 0.416 e. The quantitative estimate of drug-likeness (QED) is 0.615. The summed E-state index contributed by atoms with van der Waals surface area (Å²) in [5.74, 6) is -1.21. The molecule has 0 spiro atoms. The molecular formula is C20H20F3N3O4S. The third-order valence-electron chi connectivity index (χ3n) is 5.12. The van der Waals surface area contributed by atoms with Crippen molar-refractivity contribution in [1.29, 1.82) is 0 Å². The first-order valence-corrected chi connectivity index (χ1v) is 10.3. The summed E-state index contributed by atoms with van der Waals surface area (Å²) in [6.07, 6.45) is -4.85. The van der Waals surface area contributed by atoms with Gasteiger partial charge in [-0.15, -0.1) is 11.8 Å². The van der Waals surface area contributed by atoms with Crippen LogP contribution in [0.25, 0.3) is 0 Å². The number of hydrogen-bond acceptors (Lipinski definition) is 7. The Hall–Kier alpha value is -2.47. The number of ether oxygens (including phenoxy) is 2. The molecule has 2 bridgehead atoms. The van der Waals surface area contributed by atoms with E-state index in [-0.39, 0.29) is 12.4 Å². The second-order valence-corrected chi connectivity index (χ2v) is 8.31. The van der Waals surface area contributed by atoms with Gasteiger partial charge in [0.25, 0.3) is 0 Å². The van der Waals surface area contributed by atoms with Crippen LogP contribution in [0.2, 0.25) is 0 Å². The second kappa shape index (κ2) is 7.90. The van der Waals surface area contributed by atoms with Gasteiger partial charge in [-0.1, -0.05) is 0 Å². The highest BCUT2D eigenvalue weighted by atomic mass is 32.2. The Morgan fingerprint density at radius 1 is 1.29 bits per heavy atom. The molecule has 2 aromatic carbocycles. The number of hydrazine groups is 1. The van der Waals surface area contributed by atoms with Crippen LogP contribution < -0.4 is 15.2 Å². The third-order valence-corrected chi connectivity index (χ3v) is 6.10. The van der Waals surface area contributed by atoms with Crippen molar-refractivity contribution in [2.24, 2.45) is 0 Å². The fourth-order valence-corrected chi connectivity index (χ4v) is 4.12. The number of hydrogen-bond donors (Lipinski definition) is 2. The molecule has 7 nitrogen and oxygen atoms in total. The minimum Gasteiger partial charge on any atom is -0.487 e. The Labute approximate surface area is 180 Å². The first-order chi connectivity index (χ1) is 14.6. The van der Waals surface area contributed by atoms with Crippen molar-refractivity contribution in [3.63, 3.8) is 0 Å². The van der Waals surface area contributed by atoms with Crippen molar-refractivity contribution in [2.45, 2.75) is 30.2 Å². The van der Waals surface area contributed by atoms with Crippen molar-refractivity contribution in [2.75, 3.05) is 24.4 Å². The van der Waals surface area contributed by atoms with Crippen LogP contribution in [0.5, 0.6) is 5.75 Å². The maximum atomic E-state index is 12.8. The molecule has 3 saturated heterocycles. The molecule has 2 N–H and O–H groups in total. The van der Waals surface area contributed by atoms with E-state index in [1.54, 1.807) is 17.1 Å². The molecule has 2 aromatic rings. The summed E-state index contributed by atoms with van der Waals surface area (Å²) in [4.78, 5) is 13.4. The number of carboxylic acid groups (broad SMARTS) is 1. The van der Waals surface area contributed by atoms with Crippen molar-refractivity contribution in [3.8, 4) is 5.75 Å². The molecule has 3 heterocycles. The fraction of sp³-hybridized carbons (Fsp3) is 0.350. The molecule has 11 heteroatoms. The summed E-state index contributed by atoms with van der Waals surface area (Å²) >= 11 is 1.23. The zero-order valence-electron chi connectivity index (χ0n) is 16.6. The van der Waals surface area contributed by atoms with E-state index in [0.717, 1.165) is 22.6 Å². The number of nitrogens with zero attached hydrogens (tertiary/aromatic N) is 2. The van der Waals surface area contributed by atoms with Crippen LogP contribution >= 0.6 is 11.8 Å². The Morgan fingerprint density at radius 2 is 2.00 bits per heavy atom. The first kappa shape index (κ1) is 21.8. The molecule has 3 aliphatic rings. The molecule has 0 radical (unpaired) electrons. The zero-order chi connectivity index (χ0) is 22.4. The molecule has 0 aromatic heterocycles. The predicted octanol–water partition coefficient (Wildman–Crippen LogP) is 3.49. The molecule has 0 aliphatic carbocycles. The van der Waals surface area contributed by atoms with Gasteiger partial charge in [-0.3, -0.25) is 9.80 Å². The molecule has 0 amide bonds. The number of aryl methyl sites for hydroxylation is 1. The highest BCUT2D eigenvalue weighted by Gasteiger charge is 2.63. The lowest BCUT2D eigenvalue weighted by molar-refractivity contribution is -0.314. The number of anilines is 1. The lowest BCUT2D eigenvalue weighted by Crippen LogP contribution is -2.66. The molecule has 3 aliphatic heterocycles. The average molecular weight is 455 g/mol. The maximum Gasteiger partial charge on any atom is 0.416 e. The Kier molecular flexibility index (Phi) is 5.54. The molecule has 2 atom stereocenters. The van der Waals surface area contributed by atoms with E-state index in [1.807, 2.05) is 24.9 Å². The van der Waals surface area contributed by atoms with E-state index >= 15 is 0 Å². The number of fused-ring (bicyclic) bond motifs is 1. The molecule has 5 rings (SSSR count). The van der Waals surface area contributed by atoms with Gasteiger partial charge >= 0.3 is 12.1 Å². The molecule has 3 fully saturated rings. The number of nitrogens with one attached hydrogen (secondary N) is 1. The van der Waals surface area contributed by atoms with Gasteiger partial charge in [-0.25, -0.2) is 4.90 Å². The Morgan fingerprint density at radius 3 is 2.58 bits per heavy atom. The average Bonchev–Trinajstić information content (AvgIpc) is 3.24. The summed E-state index contributed by atoms with van der Waals surface area (Å²) in [7, 11) is 1.83. The highest BCUT2D eigenvalue weighted by Crippen LogP contribution is 2.42. The number of thioether (sulfide) groups is 1. The summed E-state index contributed by atoms with van der Waals surface area (Å²) < 4.78 is 50.2. The Bertz CT molecular complexity index is 989. The van der Waals surface area contributed by atoms with Crippen molar-refractivity contribution in [3.05, 3.63) is 53.6 Å². The van der Waals surface area contributed by atoms with E-state index in [1.165, 1.54) is 23.9 Å². The minimum atomic E-state index is -4.39. The summed E-state index contributed by atoms with van der Waals surface area (Å²) in [6.45, 7) is 2.00. The largest absolute Gasteiger partial charge is 0.487 e. The van der Waals surface area contributed by atoms with Crippen LogP contribution in [-0.4, -0.2) is 47.6 Å². The number of benzene rings is 2. The summed E-state index contributed by atoms with van der Waals surface area (Å²) in [5, 5.41) is 10.4. The third kappa shape index (κ3) is 4.18. The number of alkyl halides is 3. The van der Waals surface area contributed by atoms with Gasteiger partial charge in [0.1, 0.15) is 12.4 Å². The van der Waals surface area contributed by atoms with E-state index in [0.29, 0.717) is 11.4 Å². The minimum absolute atomic E-state index is 0.0213. The highest BCUT2D eigenvalue weighted by molar-refractivity contribution is 8.00. The summed E-state index contributed by atoms with van der Waals surface area (Å²) in [6, 6.07) is 10.3. The monoisotopic (exact) mass is 455 g/mol. The number of carboxylic acids is 1. The van der Waals surface area contributed by atoms with E-state index < -0.39 is 29.9 Å². The van der Waals surface area contributed by atoms with Crippen LogP contribution in [0, 0.1) is 6.92 Å². The second-order valence-electron chi connectivity index (χ2n) is 7.26. The topological polar surface area (TPSA) is 74.3 Å². The van der Waals surface area contributed by atoms with Gasteiger partial charge in [0.05, 0.1) is 17.0 Å². The normalized spacial score (nSPS) is 23.0. The van der Waals surface area contributed by atoms with Gasteiger partial charge in [-0.2, -0.15) is 18.6 Å². The van der Waals surface area contributed by atoms with Gasteiger partial charge in [0.2, 0.25) is 12.2 Å². The number of aliphatic carboxylic acids is 1. The molecule has 2 unspecified atom stereocenters. The number of likely N-dealkylation sites (N-methyl/N-ethyl adjacent to an activating group) is 1. The predicted molar refractivity (Wildman–Crippen MR) is 107 cm³/mol. The van der Waals surface area contributed by atoms with Crippen LogP contribution in [0.15, 0.2) is 47.4 Å². The first-order valence-electron chi connectivity index (χ1n) is 9.32. The van der Waals surface area contributed by atoms with Crippen molar-refractivity contribution >= 4 is 23.4 Å². The number of halogens is 3. The molecule has 166 valence electrons. The van der Waals surface area contributed by atoms with Gasteiger partial charge in [0.15, 0.2) is 0 Å². The van der Waals surface area contributed by atoms with Gasteiger partial charge in [0, 0.05) is 4.90 Å². The van der Waals surface area contributed by atoms with E-state index in [9.17, 15) is 18.0 Å². The van der Waals surface area contributed by atoms with Gasteiger partial charge < -0.3 is 14.6 Å². The van der Waals surface area contributed by atoms with Crippen molar-refractivity contribution in [1.82, 2.24) is 10.3 Å². The zero-order valence-corrected chi connectivity index (χ0v) is 17.5. The van der Waals surface area contributed by atoms with Crippen molar-refractivity contribution < 1.29 is 32.5 Å². The van der Waals surface area contributed by atoms with E-state index in [2.05, 4.69) is 5.43 Å². The van der Waals surface area contributed by atoms with E-state index in [4.69, 9.17) is 14.6 Å². The molecular weight excluding hydrogens is 435 g/mol. The van der Waals surface area contributed by atoms with Gasteiger partial charge in [-0.05, 0) is 62.0 Å². The number of rotatable bonds is 7. The standard InChI is InChI=1S/C20H20F3N3O4S/c1-12-9-15(31-10-17(27)28)7-8-16(12)29-11-19-24-26(18(30-19)25(19)2)14-5-3-13(4-6-14)20(21,22)23/h3-9,18,24H,10-11H2,1-2H3,(H,27,28). The van der Waals surface area contributed by atoms with Crippen LogP contribution in [0.3, 0.4) is 0 Å². The fourth-order valence-electron chi connectivity index (χ4n) is 3.41. The van der Waals surface area contributed by atoms with Crippen LogP contribution in [0.1, 0.15) is 11.1 Å². The lowest BCUT2D eigenvalue weighted by Gasteiger charge is -2.44. The lowest BCUT2D eigenvalue weighted by atomic mass is 10.2. The molecule has 31 heavy (non-hydrogen) atoms. The van der Waals surface area contributed by atoms with Crippen LogP contribution in [0.4, 0.5) is 18.9 Å². The molecule has 0 saturated carbocycles. The van der Waals surface area contributed by atoms with Crippen LogP contribution in [-0.2, 0) is 15.7 Å². The summed E-state index contributed by atoms with van der Waals surface area (Å²) in [5.41, 5.74) is 3.84.